The molecule has 2 N–H and O–H groups in total. The van der Waals surface area contributed by atoms with Crippen molar-refractivity contribution in [2.75, 3.05) is 6.54 Å². The van der Waals surface area contributed by atoms with Crippen LogP contribution < -0.4 is 5.73 Å². The highest BCUT2D eigenvalue weighted by atomic mass is 16.2. The lowest BCUT2D eigenvalue weighted by molar-refractivity contribution is -0.144. The molecule has 0 bridgehead atoms. The van der Waals surface area contributed by atoms with Gasteiger partial charge in [-0.1, -0.05) is 41.5 Å². The first-order chi connectivity index (χ1) is 13.3. The summed E-state index contributed by atoms with van der Waals surface area (Å²) in [6, 6.07) is -0.146. The zero-order chi connectivity index (χ0) is 22.6. The van der Waals surface area contributed by atoms with Gasteiger partial charge in [0.05, 0.1) is 6.04 Å². The van der Waals surface area contributed by atoms with E-state index in [-0.39, 0.29) is 65.3 Å². The minimum atomic E-state index is -0.153. The van der Waals surface area contributed by atoms with Gasteiger partial charge in [0.25, 0.3) is 0 Å². The Labute approximate surface area is 175 Å². The van der Waals surface area contributed by atoms with E-state index in [2.05, 4.69) is 0 Å². The highest BCUT2D eigenvalue weighted by molar-refractivity contribution is 6.04. The molecule has 2 saturated heterocycles. The Morgan fingerprint density at radius 3 is 1.38 bits per heavy atom. The molecule has 0 spiro atoms. The Morgan fingerprint density at radius 2 is 1.14 bits per heavy atom. The number of nitrogens with two attached hydrogens (primary N) is 1. The second kappa shape index (κ2) is 10.3. The molecule has 0 radical (unpaired) electrons. The van der Waals surface area contributed by atoms with E-state index in [4.69, 9.17) is 5.73 Å². The van der Waals surface area contributed by atoms with Crippen molar-refractivity contribution in [1.82, 2.24) is 9.80 Å². The third-order valence-corrected chi connectivity index (χ3v) is 5.90. The fraction of sp³-hybridized carbons (Fsp3) is 0.818. The summed E-state index contributed by atoms with van der Waals surface area (Å²) in [6.07, 6.45) is 0.744. The average Bonchev–Trinajstić information content (AvgIpc) is 3.06. The van der Waals surface area contributed by atoms with Crippen LogP contribution in [0.5, 0.6) is 0 Å². The van der Waals surface area contributed by atoms with E-state index in [0.29, 0.717) is 19.4 Å². The number of likely N-dealkylation sites (tertiary alicyclic amines) is 2. The van der Waals surface area contributed by atoms with Crippen molar-refractivity contribution in [3.63, 3.8) is 0 Å². The van der Waals surface area contributed by atoms with E-state index in [1.807, 2.05) is 55.4 Å². The fourth-order valence-electron chi connectivity index (χ4n) is 3.96. The second-order valence-corrected chi connectivity index (χ2v) is 9.45. The summed E-state index contributed by atoms with van der Waals surface area (Å²) in [4.78, 5) is 49.9. The number of hydrogen-bond donors (Lipinski definition) is 1. The molecule has 2 fully saturated rings. The molecule has 7 nitrogen and oxygen atoms in total. The Hall–Kier alpha value is -1.76. The van der Waals surface area contributed by atoms with E-state index < -0.39 is 0 Å². The van der Waals surface area contributed by atoms with Gasteiger partial charge in [0.15, 0.2) is 0 Å². The van der Waals surface area contributed by atoms with Crippen LogP contribution in [0.4, 0.5) is 0 Å². The van der Waals surface area contributed by atoms with Crippen LogP contribution in [0.3, 0.4) is 0 Å². The van der Waals surface area contributed by atoms with Gasteiger partial charge in [-0.05, 0) is 31.6 Å². The molecule has 0 aromatic carbocycles. The van der Waals surface area contributed by atoms with Gasteiger partial charge >= 0.3 is 0 Å². The van der Waals surface area contributed by atoms with Crippen molar-refractivity contribution in [2.45, 2.75) is 80.3 Å². The monoisotopic (exact) mass is 409 g/mol. The van der Waals surface area contributed by atoms with Crippen molar-refractivity contribution >= 4 is 23.6 Å². The molecular formula is C22H39N3O4. The zero-order valence-electron chi connectivity index (χ0n) is 19.3. The van der Waals surface area contributed by atoms with Gasteiger partial charge in [-0.25, -0.2) is 0 Å². The maximum Gasteiger partial charge on any atom is 0.233 e. The van der Waals surface area contributed by atoms with Gasteiger partial charge in [-0.2, -0.15) is 0 Å². The van der Waals surface area contributed by atoms with Crippen LogP contribution in [0.15, 0.2) is 0 Å². The van der Waals surface area contributed by atoms with E-state index in [1.54, 1.807) is 0 Å². The first-order valence-electron chi connectivity index (χ1n) is 10.8. The van der Waals surface area contributed by atoms with Crippen LogP contribution in [0.25, 0.3) is 0 Å². The first kappa shape index (κ1) is 25.3. The molecule has 4 amide bonds. The number of carbonyl (C=O) groups is 4. The van der Waals surface area contributed by atoms with Gasteiger partial charge in [-0.3, -0.25) is 29.0 Å². The van der Waals surface area contributed by atoms with Crippen molar-refractivity contribution in [3.05, 3.63) is 0 Å². The van der Waals surface area contributed by atoms with E-state index in [1.165, 1.54) is 9.80 Å². The van der Waals surface area contributed by atoms with Gasteiger partial charge in [0.2, 0.25) is 23.6 Å². The van der Waals surface area contributed by atoms with Crippen LogP contribution in [0.2, 0.25) is 0 Å². The summed E-state index contributed by atoms with van der Waals surface area (Å²) in [6.45, 7) is 16.0. The van der Waals surface area contributed by atoms with E-state index in [9.17, 15) is 19.2 Å². The van der Waals surface area contributed by atoms with Gasteiger partial charge in [-0.15, -0.1) is 0 Å². The standard InChI is InChI=1S/C12H22N2O2.C10H17NO2/c1-7(2)9-5-11(15)14(12(9)16)10(6-13)8(3)4;1-6(2)8-5-9(12)11(7(3)4)10(8)13/h7-10H,5-6,13H2,1-4H3;6-8H,5H2,1-4H3. The minimum absolute atomic E-state index is 0.00347. The number of amides is 4. The number of nitrogens with zero attached hydrogens (tertiary/aromatic N) is 2. The van der Waals surface area contributed by atoms with E-state index in [0.717, 1.165) is 0 Å². The Kier molecular flexibility index (Phi) is 9.00. The van der Waals surface area contributed by atoms with Crippen LogP contribution in [-0.2, 0) is 19.2 Å². The van der Waals surface area contributed by atoms with Crippen LogP contribution in [0.1, 0.15) is 68.2 Å². The number of hydrogen-bond acceptors (Lipinski definition) is 5. The van der Waals surface area contributed by atoms with Crippen molar-refractivity contribution in [3.8, 4) is 0 Å². The lowest BCUT2D eigenvalue weighted by atomic mass is 9.94. The molecule has 2 heterocycles. The normalized spacial score (nSPS) is 23.8. The molecule has 2 aliphatic rings. The maximum atomic E-state index is 12.1. The van der Waals surface area contributed by atoms with Gasteiger partial charge in [0, 0.05) is 37.3 Å². The number of rotatable bonds is 6. The SMILES string of the molecule is CC(C)C1CC(=O)N(C(C)C)C1=O.CC(C)C1CC(=O)N(C(CN)C(C)C)C1=O. The lowest BCUT2D eigenvalue weighted by Crippen LogP contribution is -2.47. The van der Waals surface area contributed by atoms with Crippen LogP contribution in [-0.4, -0.2) is 52.1 Å². The van der Waals surface area contributed by atoms with Crippen molar-refractivity contribution < 1.29 is 19.2 Å². The van der Waals surface area contributed by atoms with Crippen molar-refractivity contribution in [2.24, 2.45) is 35.3 Å². The molecule has 0 saturated carbocycles. The lowest BCUT2D eigenvalue weighted by Gasteiger charge is -2.28. The van der Waals surface area contributed by atoms with Gasteiger partial charge < -0.3 is 5.73 Å². The molecule has 3 unspecified atom stereocenters. The predicted molar refractivity (Wildman–Crippen MR) is 112 cm³/mol. The third kappa shape index (κ3) is 5.65. The summed E-state index contributed by atoms with van der Waals surface area (Å²) >= 11 is 0. The Bertz CT molecular complexity index is 628. The molecular weight excluding hydrogens is 370 g/mol. The van der Waals surface area contributed by atoms with Crippen molar-refractivity contribution in [1.29, 1.82) is 0 Å². The molecule has 3 atom stereocenters. The summed E-state index contributed by atoms with van der Waals surface area (Å²) in [5.74, 6) is 0.344. The summed E-state index contributed by atoms with van der Waals surface area (Å²) in [7, 11) is 0. The Balaban J connectivity index is 0.000000296. The summed E-state index contributed by atoms with van der Waals surface area (Å²) in [5.41, 5.74) is 5.65. The molecule has 0 aromatic heterocycles. The fourth-order valence-corrected chi connectivity index (χ4v) is 3.96. The molecule has 166 valence electrons. The summed E-state index contributed by atoms with van der Waals surface area (Å²) < 4.78 is 0. The molecule has 29 heavy (non-hydrogen) atoms. The number of imide groups is 2. The summed E-state index contributed by atoms with van der Waals surface area (Å²) in [5, 5.41) is 0. The number of carbonyl (C=O) groups excluding carboxylic acids is 4. The predicted octanol–water partition coefficient (Wildman–Crippen LogP) is 2.43. The highest BCUT2D eigenvalue weighted by Crippen LogP contribution is 2.29. The van der Waals surface area contributed by atoms with E-state index >= 15 is 0 Å². The average molecular weight is 410 g/mol. The molecule has 0 aliphatic carbocycles. The third-order valence-electron chi connectivity index (χ3n) is 5.90. The van der Waals surface area contributed by atoms with Gasteiger partial charge in [0.1, 0.15) is 0 Å². The maximum absolute atomic E-state index is 12.1. The quantitative estimate of drug-likeness (QED) is 0.679. The zero-order valence-corrected chi connectivity index (χ0v) is 19.3. The minimum Gasteiger partial charge on any atom is -0.328 e. The first-order valence-corrected chi connectivity index (χ1v) is 10.8. The van der Waals surface area contributed by atoms with Crippen LogP contribution >= 0.6 is 0 Å². The smallest absolute Gasteiger partial charge is 0.233 e. The second-order valence-electron chi connectivity index (χ2n) is 9.45. The molecule has 2 aliphatic heterocycles. The molecule has 7 heteroatoms. The molecule has 0 aromatic rings. The Morgan fingerprint density at radius 1 is 0.759 bits per heavy atom. The largest absolute Gasteiger partial charge is 0.328 e. The highest BCUT2D eigenvalue weighted by Gasteiger charge is 2.44. The van der Waals surface area contributed by atoms with Crippen LogP contribution in [0, 0.1) is 29.6 Å². The topological polar surface area (TPSA) is 101 Å². The molecule has 2 rings (SSSR count).